The fraction of sp³-hybridized carbons (Fsp3) is 0.615. The molecule has 2 aliphatic rings. The number of esters is 3. The van der Waals surface area contributed by atoms with Gasteiger partial charge in [0.15, 0.2) is 5.41 Å². The summed E-state index contributed by atoms with van der Waals surface area (Å²) in [6, 6.07) is 0. The van der Waals surface area contributed by atoms with Gasteiger partial charge in [-0.3, -0.25) is 14.4 Å². The van der Waals surface area contributed by atoms with Gasteiger partial charge in [-0.2, -0.15) is 0 Å². The van der Waals surface area contributed by atoms with E-state index in [1.54, 1.807) is 0 Å². The van der Waals surface area contributed by atoms with E-state index in [0.717, 1.165) is 0 Å². The number of hydrogen-bond acceptors (Lipinski definition) is 7. The van der Waals surface area contributed by atoms with Crippen molar-refractivity contribution in [1.29, 1.82) is 0 Å². The van der Waals surface area contributed by atoms with Gasteiger partial charge in [-0.1, -0.05) is 6.08 Å². The lowest BCUT2D eigenvalue weighted by atomic mass is 9.83. The molecule has 0 saturated carbocycles. The maximum Gasteiger partial charge on any atom is 0.329 e. The monoisotopic (exact) mass is 284 g/mol. The van der Waals surface area contributed by atoms with Crippen molar-refractivity contribution in [2.75, 3.05) is 0 Å². The molecule has 1 saturated heterocycles. The Morgan fingerprint density at radius 3 is 2.20 bits per heavy atom. The third kappa shape index (κ3) is 2.40. The fourth-order valence-corrected chi connectivity index (χ4v) is 1.98. The van der Waals surface area contributed by atoms with E-state index >= 15 is 0 Å². The smallest absolute Gasteiger partial charge is 0.329 e. The van der Waals surface area contributed by atoms with Crippen LogP contribution in [0, 0.1) is 5.41 Å². The molecule has 1 fully saturated rings. The molecule has 0 N–H and O–H groups in total. The van der Waals surface area contributed by atoms with Crippen LogP contribution in [0.1, 0.15) is 27.7 Å². The summed E-state index contributed by atoms with van der Waals surface area (Å²) < 4.78 is 20.4. The summed E-state index contributed by atoms with van der Waals surface area (Å²) in [7, 11) is 0. The summed E-state index contributed by atoms with van der Waals surface area (Å²) in [4.78, 5) is 35.1. The molecule has 0 aromatic heterocycles. The van der Waals surface area contributed by atoms with Crippen molar-refractivity contribution in [2.45, 2.75) is 45.9 Å². The van der Waals surface area contributed by atoms with Crippen LogP contribution in [0.3, 0.4) is 0 Å². The zero-order valence-corrected chi connectivity index (χ0v) is 11.7. The third-order valence-corrected chi connectivity index (χ3v) is 3.10. The van der Waals surface area contributed by atoms with Crippen molar-refractivity contribution in [3.63, 3.8) is 0 Å². The van der Waals surface area contributed by atoms with Gasteiger partial charge in [0.1, 0.15) is 6.10 Å². The highest BCUT2D eigenvalue weighted by Crippen LogP contribution is 2.39. The normalized spacial score (nSPS) is 30.6. The lowest BCUT2D eigenvalue weighted by Gasteiger charge is -2.40. The van der Waals surface area contributed by atoms with Crippen LogP contribution >= 0.6 is 0 Å². The third-order valence-electron chi connectivity index (χ3n) is 3.10. The molecule has 7 heteroatoms. The Balaban J connectivity index is 2.16. The molecule has 7 nitrogen and oxygen atoms in total. The van der Waals surface area contributed by atoms with Gasteiger partial charge < -0.3 is 18.9 Å². The first-order chi connectivity index (χ1) is 9.15. The molecule has 0 bridgehead atoms. The first kappa shape index (κ1) is 14.5. The Morgan fingerprint density at radius 1 is 1.15 bits per heavy atom. The predicted octanol–water partition coefficient (Wildman–Crippen LogP) is 0.673. The molecule has 2 atom stereocenters. The molecule has 20 heavy (non-hydrogen) atoms. The average molecular weight is 284 g/mol. The standard InChI is InChI=1S/C13H16O7/c1-7(14)17-9-6-5-8(18-9)13(4)10(15)19-12(2,3)20-11(13)16/h5-6,8-9H,1-4H3/t8-,9+/m0/s1. The minimum Gasteiger partial charge on any atom is -0.432 e. The van der Waals surface area contributed by atoms with Crippen molar-refractivity contribution in [2.24, 2.45) is 5.41 Å². The van der Waals surface area contributed by atoms with Crippen LogP contribution in [-0.2, 0) is 33.3 Å². The molecule has 0 radical (unpaired) electrons. The Kier molecular flexibility index (Phi) is 3.33. The second kappa shape index (κ2) is 4.59. The van der Waals surface area contributed by atoms with Crippen LogP contribution in [0.4, 0.5) is 0 Å². The number of cyclic esters (lactones) is 2. The van der Waals surface area contributed by atoms with Crippen LogP contribution in [0.5, 0.6) is 0 Å². The molecule has 2 aliphatic heterocycles. The molecule has 2 heterocycles. The van der Waals surface area contributed by atoms with E-state index in [1.807, 2.05) is 0 Å². The van der Waals surface area contributed by atoms with Gasteiger partial charge >= 0.3 is 17.9 Å². The van der Waals surface area contributed by atoms with E-state index in [4.69, 9.17) is 18.9 Å². The van der Waals surface area contributed by atoms with E-state index in [9.17, 15) is 14.4 Å². The summed E-state index contributed by atoms with van der Waals surface area (Å²) in [6.07, 6.45) is 1.10. The average Bonchev–Trinajstić information content (AvgIpc) is 2.72. The summed E-state index contributed by atoms with van der Waals surface area (Å²) in [5, 5.41) is 0. The van der Waals surface area contributed by atoms with E-state index in [-0.39, 0.29) is 0 Å². The number of hydrogen-bond donors (Lipinski definition) is 0. The van der Waals surface area contributed by atoms with Crippen molar-refractivity contribution in [1.82, 2.24) is 0 Å². The van der Waals surface area contributed by atoms with Crippen molar-refractivity contribution >= 4 is 17.9 Å². The second-order valence-electron chi connectivity index (χ2n) is 5.30. The molecular formula is C13H16O7. The number of carbonyl (C=O) groups excluding carboxylic acids is 3. The molecule has 0 aromatic carbocycles. The van der Waals surface area contributed by atoms with Crippen LogP contribution < -0.4 is 0 Å². The maximum absolute atomic E-state index is 12.1. The van der Waals surface area contributed by atoms with Gasteiger partial charge in [-0.15, -0.1) is 0 Å². The Labute approximate surface area is 115 Å². The van der Waals surface area contributed by atoms with Gasteiger partial charge in [0.2, 0.25) is 6.29 Å². The number of carbonyl (C=O) groups is 3. The minimum atomic E-state index is -1.62. The molecule has 0 amide bonds. The zero-order chi connectivity index (χ0) is 15.1. The Hall–Kier alpha value is -1.89. The lowest BCUT2D eigenvalue weighted by molar-refractivity contribution is -0.259. The van der Waals surface area contributed by atoms with Crippen molar-refractivity contribution in [3.8, 4) is 0 Å². The van der Waals surface area contributed by atoms with Gasteiger partial charge in [-0.25, -0.2) is 0 Å². The van der Waals surface area contributed by atoms with E-state index in [1.165, 1.54) is 39.8 Å². The SMILES string of the molecule is CC(=O)O[C@H]1C=C[C@@H](C2(C)C(=O)OC(C)(C)OC2=O)O1. The topological polar surface area (TPSA) is 88.1 Å². The molecule has 0 aromatic rings. The first-order valence-corrected chi connectivity index (χ1v) is 6.13. The van der Waals surface area contributed by atoms with Gasteiger partial charge in [0, 0.05) is 20.8 Å². The van der Waals surface area contributed by atoms with E-state index < -0.39 is 41.5 Å². The van der Waals surface area contributed by atoms with Gasteiger partial charge in [-0.05, 0) is 13.0 Å². The maximum atomic E-state index is 12.1. The van der Waals surface area contributed by atoms with Crippen LogP contribution in [-0.4, -0.2) is 36.1 Å². The summed E-state index contributed by atoms with van der Waals surface area (Å²) in [5.74, 6) is -3.31. The lowest BCUT2D eigenvalue weighted by Crippen LogP contribution is -2.57. The van der Waals surface area contributed by atoms with Gasteiger partial charge in [0.05, 0.1) is 0 Å². The van der Waals surface area contributed by atoms with Crippen molar-refractivity contribution in [3.05, 3.63) is 12.2 Å². The van der Waals surface area contributed by atoms with Crippen LogP contribution in [0.2, 0.25) is 0 Å². The molecule has 2 rings (SSSR count). The van der Waals surface area contributed by atoms with Crippen molar-refractivity contribution < 1.29 is 33.3 Å². The van der Waals surface area contributed by atoms with Gasteiger partial charge in [0.25, 0.3) is 5.79 Å². The Morgan fingerprint density at radius 2 is 1.70 bits per heavy atom. The Bertz CT molecular complexity index is 471. The predicted molar refractivity (Wildman–Crippen MR) is 63.9 cm³/mol. The summed E-state index contributed by atoms with van der Waals surface area (Å²) in [5.41, 5.74) is -1.62. The molecule has 0 aliphatic carbocycles. The molecule has 0 spiro atoms. The first-order valence-electron chi connectivity index (χ1n) is 6.13. The summed E-state index contributed by atoms with van der Waals surface area (Å²) in [6.45, 7) is 5.54. The van der Waals surface area contributed by atoms with Crippen LogP contribution in [0.25, 0.3) is 0 Å². The molecular weight excluding hydrogens is 268 g/mol. The zero-order valence-electron chi connectivity index (χ0n) is 11.7. The van der Waals surface area contributed by atoms with E-state index in [0.29, 0.717) is 0 Å². The second-order valence-corrected chi connectivity index (χ2v) is 5.30. The largest absolute Gasteiger partial charge is 0.432 e. The number of rotatable bonds is 2. The van der Waals surface area contributed by atoms with Crippen LogP contribution in [0.15, 0.2) is 12.2 Å². The number of ether oxygens (including phenoxy) is 4. The fourth-order valence-electron chi connectivity index (χ4n) is 1.98. The van der Waals surface area contributed by atoms with E-state index in [2.05, 4.69) is 0 Å². The highest BCUT2D eigenvalue weighted by molar-refractivity contribution is 6.02. The molecule has 110 valence electrons. The highest BCUT2D eigenvalue weighted by Gasteiger charge is 2.58. The summed E-state index contributed by atoms with van der Waals surface area (Å²) >= 11 is 0. The minimum absolute atomic E-state index is 0.527. The molecule has 0 unspecified atom stereocenters. The highest BCUT2D eigenvalue weighted by atomic mass is 16.8. The quantitative estimate of drug-likeness (QED) is 0.418.